The molecule has 1 amide bonds. The van der Waals surface area contributed by atoms with Gasteiger partial charge in [-0.1, -0.05) is 103 Å². The SMILES string of the molecule is CN1c2ccc(Cl)cc2C(c2ccccc2)=C(C(=O)NC(c2ccccc2)c2ccccc2)S1(=O)=O. The molecule has 0 spiro atoms. The maximum atomic E-state index is 14.0. The zero-order chi connectivity index (χ0) is 25.3. The van der Waals surface area contributed by atoms with Crippen LogP contribution in [0.2, 0.25) is 5.02 Å². The number of fused-ring (bicyclic) bond motifs is 1. The molecule has 0 saturated heterocycles. The third-order valence-corrected chi connectivity index (χ3v) is 8.28. The molecule has 7 heteroatoms. The number of halogens is 1. The molecule has 0 aliphatic carbocycles. The predicted molar refractivity (Wildman–Crippen MR) is 144 cm³/mol. The highest BCUT2D eigenvalue weighted by molar-refractivity contribution is 7.97. The molecular formula is C29H23ClN2O3S. The van der Waals surface area contributed by atoms with Crippen LogP contribution in [0.25, 0.3) is 5.57 Å². The molecule has 0 fully saturated rings. The van der Waals surface area contributed by atoms with Crippen LogP contribution in [0.5, 0.6) is 0 Å². The van der Waals surface area contributed by atoms with Gasteiger partial charge in [-0.15, -0.1) is 0 Å². The first-order chi connectivity index (χ1) is 17.4. The lowest BCUT2D eigenvalue weighted by molar-refractivity contribution is -0.117. The van der Waals surface area contributed by atoms with Crippen LogP contribution < -0.4 is 9.62 Å². The highest BCUT2D eigenvalue weighted by Gasteiger charge is 2.40. The Labute approximate surface area is 215 Å². The lowest BCUT2D eigenvalue weighted by atomic mass is 9.94. The molecule has 0 bridgehead atoms. The van der Waals surface area contributed by atoms with E-state index in [1.807, 2.05) is 78.9 Å². The van der Waals surface area contributed by atoms with Gasteiger partial charge in [-0.2, -0.15) is 0 Å². The number of nitrogens with zero attached hydrogens (tertiary/aromatic N) is 1. The highest BCUT2D eigenvalue weighted by atomic mass is 35.5. The summed E-state index contributed by atoms with van der Waals surface area (Å²) in [7, 11) is -2.73. The maximum Gasteiger partial charge on any atom is 0.270 e. The molecule has 4 aromatic carbocycles. The van der Waals surface area contributed by atoms with Gasteiger partial charge in [0, 0.05) is 23.2 Å². The van der Waals surface area contributed by atoms with Crippen molar-refractivity contribution in [3.05, 3.63) is 141 Å². The van der Waals surface area contributed by atoms with E-state index in [-0.39, 0.29) is 4.91 Å². The van der Waals surface area contributed by atoms with Gasteiger partial charge in [0.1, 0.15) is 0 Å². The van der Waals surface area contributed by atoms with Gasteiger partial charge in [0.15, 0.2) is 4.91 Å². The van der Waals surface area contributed by atoms with Crippen molar-refractivity contribution < 1.29 is 13.2 Å². The molecule has 0 unspecified atom stereocenters. The van der Waals surface area contributed by atoms with E-state index >= 15 is 0 Å². The fourth-order valence-electron chi connectivity index (χ4n) is 4.47. The third-order valence-electron chi connectivity index (χ3n) is 6.22. The van der Waals surface area contributed by atoms with E-state index in [1.54, 1.807) is 30.3 Å². The van der Waals surface area contributed by atoms with Crippen molar-refractivity contribution in [3.63, 3.8) is 0 Å². The van der Waals surface area contributed by atoms with Crippen molar-refractivity contribution in [1.82, 2.24) is 5.32 Å². The monoisotopic (exact) mass is 514 g/mol. The summed E-state index contributed by atoms with van der Waals surface area (Å²) in [4.78, 5) is 13.7. The minimum atomic E-state index is -4.18. The minimum absolute atomic E-state index is 0.317. The Morgan fingerprint density at radius 1 is 0.806 bits per heavy atom. The van der Waals surface area contributed by atoms with Crippen LogP contribution >= 0.6 is 11.6 Å². The van der Waals surface area contributed by atoms with Crippen LogP contribution in [-0.2, 0) is 14.8 Å². The first-order valence-corrected chi connectivity index (χ1v) is 13.2. The summed E-state index contributed by atoms with van der Waals surface area (Å²) in [6.45, 7) is 0. The molecular weight excluding hydrogens is 492 g/mol. The van der Waals surface area contributed by atoms with Crippen molar-refractivity contribution in [1.29, 1.82) is 0 Å². The number of nitrogens with one attached hydrogen (secondary N) is 1. The Bertz CT molecular complexity index is 1510. The first-order valence-electron chi connectivity index (χ1n) is 11.4. The summed E-state index contributed by atoms with van der Waals surface area (Å²) < 4.78 is 28.8. The summed E-state index contributed by atoms with van der Waals surface area (Å²) in [5.41, 5.74) is 3.64. The number of hydrogen-bond acceptors (Lipinski definition) is 3. The van der Waals surface area contributed by atoms with Crippen LogP contribution in [0.1, 0.15) is 28.3 Å². The molecule has 5 nitrogen and oxygen atoms in total. The van der Waals surface area contributed by atoms with Gasteiger partial charge >= 0.3 is 0 Å². The molecule has 0 atom stereocenters. The summed E-state index contributed by atoms with van der Waals surface area (Å²) in [6.07, 6.45) is 0. The number of rotatable bonds is 5. The number of benzene rings is 4. The molecule has 1 N–H and O–H groups in total. The third kappa shape index (κ3) is 4.30. The smallest absolute Gasteiger partial charge is 0.270 e. The Balaban J connectivity index is 1.72. The number of amides is 1. The van der Waals surface area contributed by atoms with E-state index in [4.69, 9.17) is 11.6 Å². The molecule has 1 aliphatic heterocycles. The van der Waals surface area contributed by atoms with Crippen molar-refractivity contribution in [3.8, 4) is 0 Å². The van der Waals surface area contributed by atoms with E-state index in [0.717, 1.165) is 15.4 Å². The molecule has 1 aliphatic rings. The highest BCUT2D eigenvalue weighted by Crippen LogP contribution is 2.43. The van der Waals surface area contributed by atoms with Crippen LogP contribution in [0.15, 0.2) is 114 Å². The summed E-state index contributed by atoms with van der Waals surface area (Å²) in [5, 5.41) is 3.45. The number of carbonyl (C=O) groups is 1. The molecule has 5 rings (SSSR count). The number of sulfonamides is 1. The minimum Gasteiger partial charge on any atom is -0.340 e. The molecule has 180 valence electrons. The molecule has 4 aromatic rings. The van der Waals surface area contributed by atoms with Crippen molar-refractivity contribution in [2.45, 2.75) is 6.04 Å². The van der Waals surface area contributed by atoms with E-state index in [0.29, 0.717) is 27.4 Å². The predicted octanol–water partition coefficient (Wildman–Crippen LogP) is 5.78. The number of anilines is 1. The van der Waals surface area contributed by atoms with Gasteiger partial charge in [0.05, 0.1) is 11.7 Å². The average molecular weight is 515 g/mol. The summed E-state index contributed by atoms with van der Waals surface area (Å²) in [6, 6.07) is 32.4. The van der Waals surface area contributed by atoms with Gasteiger partial charge < -0.3 is 5.32 Å². The second-order valence-electron chi connectivity index (χ2n) is 8.43. The van der Waals surface area contributed by atoms with Gasteiger partial charge in [-0.05, 0) is 34.9 Å². The Kier molecular flexibility index (Phi) is 6.39. The lowest BCUT2D eigenvalue weighted by Gasteiger charge is -2.32. The fourth-order valence-corrected chi connectivity index (χ4v) is 6.11. The Morgan fingerprint density at radius 3 is 1.89 bits per heavy atom. The molecule has 0 saturated carbocycles. The largest absolute Gasteiger partial charge is 0.340 e. The average Bonchev–Trinajstić information content (AvgIpc) is 2.90. The van der Waals surface area contributed by atoms with Gasteiger partial charge in [-0.25, -0.2) is 8.42 Å². The van der Waals surface area contributed by atoms with E-state index in [9.17, 15) is 13.2 Å². The number of hydrogen-bond donors (Lipinski definition) is 1. The lowest BCUT2D eigenvalue weighted by Crippen LogP contribution is -2.40. The van der Waals surface area contributed by atoms with Crippen molar-refractivity contribution >= 4 is 38.8 Å². The molecule has 0 radical (unpaired) electrons. The van der Waals surface area contributed by atoms with E-state index in [2.05, 4.69) is 5.32 Å². The van der Waals surface area contributed by atoms with Crippen LogP contribution in [0.4, 0.5) is 5.69 Å². The van der Waals surface area contributed by atoms with Crippen molar-refractivity contribution in [2.75, 3.05) is 11.4 Å². The van der Waals surface area contributed by atoms with Crippen LogP contribution in [0.3, 0.4) is 0 Å². The van der Waals surface area contributed by atoms with Crippen LogP contribution in [-0.4, -0.2) is 21.4 Å². The van der Waals surface area contributed by atoms with Gasteiger partial charge in [-0.3, -0.25) is 9.10 Å². The Hall–Kier alpha value is -3.87. The maximum absolute atomic E-state index is 14.0. The Morgan fingerprint density at radius 2 is 1.33 bits per heavy atom. The topological polar surface area (TPSA) is 66.5 Å². The second-order valence-corrected chi connectivity index (χ2v) is 10.8. The summed E-state index contributed by atoms with van der Waals surface area (Å²) >= 11 is 6.33. The number of carbonyl (C=O) groups excluding carboxylic acids is 1. The van der Waals surface area contributed by atoms with Crippen molar-refractivity contribution in [2.24, 2.45) is 0 Å². The molecule has 1 heterocycles. The standard InChI is InChI=1S/C29H23ClN2O3S/c1-32-25-18-17-23(30)19-24(25)26(20-11-5-2-6-12-20)28(36(32,34)35)29(33)31-27(21-13-7-3-8-14-21)22-15-9-4-10-16-22/h2-19,27H,1H3,(H,31,33). The van der Waals surface area contributed by atoms with Gasteiger partial charge in [0.25, 0.3) is 15.9 Å². The zero-order valence-corrected chi connectivity index (χ0v) is 21.0. The fraction of sp³-hybridized carbons (Fsp3) is 0.0690. The van der Waals surface area contributed by atoms with E-state index < -0.39 is 22.0 Å². The first kappa shape index (κ1) is 23.9. The summed E-state index contributed by atoms with van der Waals surface area (Å²) in [5.74, 6) is -0.691. The molecule has 0 aromatic heterocycles. The normalized spacial score (nSPS) is 14.5. The van der Waals surface area contributed by atoms with E-state index in [1.165, 1.54) is 7.05 Å². The molecule has 36 heavy (non-hydrogen) atoms. The zero-order valence-electron chi connectivity index (χ0n) is 19.4. The van der Waals surface area contributed by atoms with Gasteiger partial charge in [0.2, 0.25) is 0 Å². The van der Waals surface area contributed by atoms with Crippen LogP contribution in [0, 0.1) is 0 Å². The second kappa shape index (κ2) is 9.64. The quantitative estimate of drug-likeness (QED) is 0.367.